The maximum absolute atomic E-state index is 12.7. The Labute approximate surface area is 120 Å². The molecule has 1 aliphatic carbocycles. The molecule has 0 atom stereocenters. The van der Waals surface area contributed by atoms with Crippen molar-refractivity contribution in [1.82, 2.24) is 4.98 Å². The quantitative estimate of drug-likeness (QED) is 0.518. The van der Waals surface area contributed by atoms with E-state index in [0.717, 1.165) is 16.5 Å². The number of fused-ring (bicyclic) bond motifs is 2. The highest BCUT2D eigenvalue weighted by molar-refractivity contribution is 6.27. The zero-order chi connectivity index (χ0) is 14.7. The van der Waals surface area contributed by atoms with Gasteiger partial charge >= 0.3 is 0 Å². The van der Waals surface area contributed by atoms with E-state index in [1.54, 1.807) is 12.1 Å². The van der Waals surface area contributed by atoms with Crippen molar-refractivity contribution in [2.45, 2.75) is 6.92 Å². The summed E-state index contributed by atoms with van der Waals surface area (Å²) in [5, 5.41) is 0.746. The minimum Gasteiger partial charge on any atom is -0.394 e. The Hall–Kier alpha value is -2.88. The number of aryl methyl sites for hydroxylation is 1. The molecule has 0 aliphatic heterocycles. The normalized spacial score (nSPS) is 12.5. The number of benzene rings is 2. The Morgan fingerprint density at radius 1 is 0.952 bits per heavy atom. The van der Waals surface area contributed by atoms with Crippen LogP contribution >= 0.6 is 0 Å². The largest absolute Gasteiger partial charge is 0.394 e. The van der Waals surface area contributed by atoms with Crippen molar-refractivity contribution >= 4 is 22.4 Å². The molecule has 1 heterocycles. The van der Waals surface area contributed by atoms with Crippen LogP contribution in [0.15, 0.2) is 41.2 Å². The number of aromatic amines is 1. The van der Waals surface area contributed by atoms with Crippen LogP contribution in [-0.4, -0.2) is 10.8 Å². The van der Waals surface area contributed by atoms with Gasteiger partial charge in [-0.25, -0.2) is 0 Å². The van der Waals surface area contributed by atoms with Crippen LogP contribution in [0, 0.1) is 6.92 Å². The van der Waals surface area contributed by atoms with E-state index >= 15 is 0 Å². The third-order valence-electron chi connectivity index (χ3n) is 4.10. The summed E-state index contributed by atoms with van der Waals surface area (Å²) in [6.07, 6.45) is 0. The molecule has 3 aromatic rings. The zero-order valence-electron chi connectivity index (χ0n) is 11.4. The van der Waals surface area contributed by atoms with E-state index in [4.69, 9.17) is 5.73 Å². The lowest BCUT2D eigenvalue weighted by Crippen LogP contribution is -2.19. The smallest absolute Gasteiger partial charge is 0.272 e. The number of nitrogens with one attached hydrogen (secondary N) is 1. The van der Waals surface area contributed by atoms with Gasteiger partial charge in [-0.1, -0.05) is 30.3 Å². The first-order chi connectivity index (χ1) is 10.1. The molecule has 0 saturated heterocycles. The molecule has 0 radical (unpaired) electrons. The highest BCUT2D eigenvalue weighted by atomic mass is 16.1. The molecule has 4 nitrogen and oxygen atoms in total. The van der Waals surface area contributed by atoms with Gasteiger partial charge in [-0.15, -0.1) is 0 Å². The molecule has 4 heteroatoms. The summed E-state index contributed by atoms with van der Waals surface area (Å²) in [5.41, 5.74) is 10.0. The fourth-order valence-electron chi connectivity index (χ4n) is 3.07. The number of hydrogen-bond donors (Lipinski definition) is 2. The van der Waals surface area contributed by atoms with Crippen LogP contribution in [0.3, 0.4) is 0 Å². The molecule has 4 rings (SSSR count). The molecular formula is C17H12N2O2. The van der Waals surface area contributed by atoms with Crippen molar-refractivity contribution in [3.05, 3.63) is 63.4 Å². The Morgan fingerprint density at radius 3 is 2.43 bits per heavy atom. The maximum Gasteiger partial charge on any atom is 0.272 e. The van der Waals surface area contributed by atoms with Crippen LogP contribution in [0.2, 0.25) is 0 Å². The van der Waals surface area contributed by atoms with E-state index in [2.05, 4.69) is 4.98 Å². The second-order valence-corrected chi connectivity index (χ2v) is 5.30. The summed E-state index contributed by atoms with van der Waals surface area (Å²) < 4.78 is 0. The summed E-state index contributed by atoms with van der Waals surface area (Å²) in [4.78, 5) is 27.6. The van der Waals surface area contributed by atoms with Gasteiger partial charge in [0.1, 0.15) is 5.69 Å². The molecule has 1 aromatic heterocycles. The lowest BCUT2D eigenvalue weighted by atomic mass is 9.83. The highest BCUT2D eigenvalue weighted by Crippen LogP contribution is 2.41. The van der Waals surface area contributed by atoms with E-state index in [1.807, 2.05) is 31.2 Å². The Morgan fingerprint density at radius 2 is 1.67 bits per heavy atom. The second-order valence-electron chi connectivity index (χ2n) is 5.30. The summed E-state index contributed by atoms with van der Waals surface area (Å²) in [5.74, 6) is -0.0328. The molecule has 21 heavy (non-hydrogen) atoms. The molecule has 102 valence electrons. The second kappa shape index (κ2) is 3.82. The number of carbonyl (C=O) groups excluding carboxylic acids is 1. The Kier molecular flexibility index (Phi) is 2.17. The summed E-state index contributed by atoms with van der Waals surface area (Å²) in [7, 11) is 0. The van der Waals surface area contributed by atoms with Gasteiger partial charge in [0.25, 0.3) is 5.56 Å². The van der Waals surface area contributed by atoms with Gasteiger partial charge in [0.05, 0.1) is 5.52 Å². The molecule has 0 bridgehead atoms. The fraction of sp³-hybridized carbons (Fsp3) is 0.0588. The number of nitrogen functional groups attached to an aromatic ring is 1. The van der Waals surface area contributed by atoms with Crippen LogP contribution in [0.4, 0.5) is 5.69 Å². The molecule has 0 saturated carbocycles. The SMILES string of the molecule is Cc1ccc2c3c(c(N)c(=O)[nH]c13)-c1ccccc1C2=O. The Balaban J connectivity index is 2.36. The molecule has 2 aromatic carbocycles. The van der Waals surface area contributed by atoms with Crippen LogP contribution in [0.25, 0.3) is 22.0 Å². The van der Waals surface area contributed by atoms with E-state index in [9.17, 15) is 9.59 Å². The van der Waals surface area contributed by atoms with E-state index in [0.29, 0.717) is 22.2 Å². The van der Waals surface area contributed by atoms with Crippen LogP contribution in [0.1, 0.15) is 21.5 Å². The first-order valence-electron chi connectivity index (χ1n) is 6.68. The first-order valence-corrected chi connectivity index (χ1v) is 6.68. The maximum atomic E-state index is 12.7. The van der Waals surface area contributed by atoms with E-state index in [-0.39, 0.29) is 17.0 Å². The van der Waals surface area contributed by atoms with Crippen LogP contribution in [-0.2, 0) is 0 Å². The van der Waals surface area contributed by atoms with Gasteiger partial charge in [0, 0.05) is 22.1 Å². The lowest BCUT2D eigenvalue weighted by molar-refractivity contribution is 0.104. The third kappa shape index (κ3) is 1.39. The molecule has 3 N–H and O–H groups in total. The Bertz CT molecular complexity index is 1000. The number of ketones is 1. The van der Waals surface area contributed by atoms with Crippen molar-refractivity contribution in [2.75, 3.05) is 5.73 Å². The minimum absolute atomic E-state index is 0.0328. The van der Waals surface area contributed by atoms with Gasteiger partial charge in [0.2, 0.25) is 0 Å². The number of pyridine rings is 1. The molecule has 0 spiro atoms. The number of hydrogen-bond acceptors (Lipinski definition) is 3. The van der Waals surface area contributed by atoms with Crippen molar-refractivity contribution in [1.29, 1.82) is 0 Å². The van der Waals surface area contributed by atoms with Crippen molar-refractivity contribution in [2.24, 2.45) is 0 Å². The van der Waals surface area contributed by atoms with Crippen molar-refractivity contribution in [3.8, 4) is 11.1 Å². The van der Waals surface area contributed by atoms with Gasteiger partial charge < -0.3 is 10.7 Å². The number of aromatic nitrogens is 1. The predicted octanol–water partition coefficient (Wildman–Crippen LogP) is 2.63. The predicted molar refractivity (Wildman–Crippen MR) is 82.6 cm³/mol. The van der Waals surface area contributed by atoms with Gasteiger partial charge in [-0.2, -0.15) is 0 Å². The highest BCUT2D eigenvalue weighted by Gasteiger charge is 2.28. The van der Waals surface area contributed by atoms with E-state index in [1.165, 1.54) is 0 Å². The summed E-state index contributed by atoms with van der Waals surface area (Å²) >= 11 is 0. The van der Waals surface area contributed by atoms with Crippen LogP contribution in [0.5, 0.6) is 0 Å². The average Bonchev–Trinajstić information content (AvgIpc) is 2.49. The van der Waals surface area contributed by atoms with Crippen molar-refractivity contribution < 1.29 is 4.79 Å². The summed E-state index contributed by atoms with van der Waals surface area (Å²) in [6.45, 7) is 1.90. The number of carbonyl (C=O) groups is 1. The van der Waals surface area contributed by atoms with Crippen molar-refractivity contribution in [3.63, 3.8) is 0 Å². The number of nitrogens with two attached hydrogens (primary N) is 1. The third-order valence-corrected chi connectivity index (χ3v) is 4.10. The summed E-state index contributed by atoms with van der Waals surface area (Å²) in [6, 6.07) is 10.9. The first kappa shape index (κ1) is 11.9. The van der Waals surface area contributed by atoms with Gasteiger partial charge in [-0.05, 0) is 24.1 Å². The minimum atomic E-state index is -0.318. The zero-order valence-corrected chi connectivity index (χ0v) is 11.4. The van der Waals surface area contributed by atoms with Gasteiger partial charge in [0.15, 0.2) is 5.78 Å². The molecule has 0 fully saturated rings. The number of H-pyrrole nitrogens is 1. The molecule has 0 amide bonds. The molecule has 0 unspecified atom stereocenters. The van der Waals surface area contributed by atoms with E-state index < -0.39 is 0 Å². The average molecular weight is 276 g/mol. The monoisotopic (exact) mass is 276 g/mol. The van der Waals surface area contributed by atoms with Crippen LogP contribution < -0.4 is 11.3 Å². The number of rotatable bonds is 0. The molecular weight excluding hydrogens is 264 g/mol. The molecule has 1 aliphatic rings. The number of anilines is 1. The fourth-order valence-corrected chi connectivity index (χ4v) is 3.07. The van der Waals surface area contributed by atoms with Gasteiger partial charge in [-0.3, -0.25) is 9.59 Å². The standard InChI is InChI=1S/C17H12N2O2/c1-8-6-7-11-13-12(14(18)17(21)19-15(8)13)9-4-2-3-5-10(9)16(11)20/h2-7H,18H2,1H3,(H,19,21). The lowest BCUT2D eigenvalue weighted by Gasteiger charge is -2.21. The topological polar surface area (TPSA) is 76.0 Å².